The van der Waals surface area contributed by atoms with Crippen molar-refractivity contribution < 1.29 is 4.74 Å². The standard InChI is InChI=1S/C15H21ClN2O/c1-2-19-15-11(4-3-5-14(15)16)8-18-9-12-6-17-7-13(12)10-18/h3-5,12-13,17H,2,6-10H2,1H3/t12-,13+. The van der Waals surface area contributed by atoms with E-state index in [9.17, 15) is 0 Å². The molecule has 2 heterocycles. The molecule has 3 nitrogen and oxygen atoms in total. The molecule has 0 bridgehead atoms. The molecule has 4 heteroatoms. The number of benzene rings is 1. The van der Waals surface area contributed by atoms with Gasteiger partial charge in [-0.2, -0.15) is 0 Å². The molecule has 0 unspecified atom stereocenters. The minimum atomic E-state index is 0.659. The fourth-order valence-corrected chi connectivity index (χ4v) is 3.56. The van der Waals surface area contributed by atoms with Crippen LogP contribution >= 0.6 is 11.6 Å². The van der Waals surface area contributed by atoms with Crippen LogP contribution in [-0.4, -0.2) is 37.7 Å². The molecule has 0 spiro atoms. The van der Waals surface area contributed by atoms with Gasteiger partial charge in [0.1, 0.15) is 5.75 Å². The van der Waals surface area contributed by atoms with Crippen LogP contribution in [0.25, 0.3) is 0 Å². The van der Waals surface area contributed by atoms with Gasteiger partial charge in [0.25, 0.3) is 0 Å². The lowest BCUT2D eigenvalue weighted by Crippen LogP contribution is -2.25. The highest BCUT2D eigenvalue weighted by Crippen LogP contribution is 2.32. The summed E-state index contributed by atoms with van der Waals surface area (Å²) in [7, 11) is 0. The van der Waals surface area contributed by atoms with Crippen molar-refractivity contribution in [3.63, 3.8) is 0 Å². The maximum Gasteiger partial charge on any atom is 0.142 e. The molecule has 2 aliphatic rings. The van der Waals surface area contributed by atoms with Crippen LogP contribution in [0.2, 0.25) is 5.02 Å². The fourth-order valence-electron chi connectivity index (χ4n) is 3.31. The van der Waals surface area contributed by atoms with Crippen LogP contribution in [0.15, 0.2) is 18.2 Å². The van der Waals surface area contributed by atoms with E-state index in [-0.39, 0.29) is 0 Å². The van der Waals surface area contributed by atoms with Gasteiger partial charge in [-0.1, -0.05) is 23.7 Å². The van der Waals surface area contributed by atoms with Gasteiger partial charge in [0.2, 0.25) is 0 Å². The second-order valence-electron chi connectivity index (χ2n) is 5.53. The van der Waals surface area contributed by atoms with Gasteiger partial charge in [0.05, 0.1) is 11.6 Å². The van der Waals surface area contributed by atoms with Crippen molar-refractivity contribution in [1.29, 1.82) is 0 Å². The van der Waals surface area contributed by atoms with E-state index in [0.717, 1.165) is 29.2 Å². The first-order chi connectivity index (χ1) is 9.28. The molecule has 19 heavy (non-hydrogen) atoms. The first-order valence-electron chi connectivity index (χ1n) is 7.11. The predicted molar refractivity (Wildman–Crippen MR) is 77.7 cm³/mol. The summed E-state index contributed by atoms with van der Waals surface area (Å²) in [6.45, 7) is 8.34. The van der Waals surface area contributed by atoms with Crippen molar-refractivity contribution in [2.24, 2.45) is 11.8 Å². The minimum Gasteiger partial charge on any atom is -0.492 e. The molecule has 0 aromatic heterocycles. The van der Waals surface area contributed by atoms with Crippen LogP contribution < -0.4 is 10.1 Å². The van der Waals surface area contributed by atoms with Gasteiger partial charge in [0, 0.05) is 25.2 Å². The average molecular weight is 281 g/mol. The number of likely N-dealkylation sites (tertiary alicyclic amines) is 1. The van der Waals surface area contributed by atoms with Gasteiger partial charge < -0.3 is 10.1 Å². The second kappa shape index (κ2) is 5.70. The Hall–Kier alpha value is -0.770. The average Bonchev–Trinajstić information content (AvgIpc) is 2.94. The molecule has 0 radical (unpaired) electrons. The van der Waals surface area contributed by atoms with Crippen LogP contribution in [0.1, 0.15) is 12.5 Å². The molecule has 1 aromatic rings. The highest BCUT2D eigenvalue weighted by molar-refractivity contribution is 6.32. The van der Waals surface area contributed by atoms with E-state index >= 15 is 0 Å². The summed E-state index contributed by atoms with van der Waals surface area (Å²) in [5.74, 6) is 2.52. The largest absolute Gasteiger partial charge is 0.492 e. The van der Waals surface area contributed by atoms with Gasteiger partial charge in [-0.05, 0) is 37.9 Å². The van der Waals surface area contributed by atoms with Crippen molar-refractivity contribution in [3.05, 3.63) is 28.8 Å². The molecule has 0 amide bonds. The lowest BCUT2D eigenvalue weighted by atomic mass is 10.0. The topological polar surface area (TPSA) is 24.5 Å². The van der Waals surface area contributed by atoms with E-state index in [4.69, 9.17) is 16.3 Å². The lowest BCUT2D eigenvalue weighted by Gasteiger charge is -2.19. The Morgan fingerprint density at radius 2 is 2.05 bits per heavy atom. The molecular weight excluding hydrogens is 260 g/mol. The van der Waals surface area contributed by atoms with Crippen LogP contribution in [0.5, 0.6) is 5.75 Å². The lowest BCUT2D eigenvalue weighted by molar-refractivity contribution is 0.289. The Kier molecular flexibility index (Phi) is 3.96. The van der Waals surface area contributed by atoms with E-state index in [1.807, 2.05) is 19.1 Å². The Balaban J connectivity index is 1.71. The summed E-state index contributed by atoms with van der Waals surface area (Å²) >= 11 is 6.24. The number of ether oxygens (including phenoxy) is 1. The van der Waals surface area contributed by atoms with Gasteiger partial charge in [0.15, 0.2) is 0 Å². The number of nitrogens with one attached hydrogen (secondary N) is 1. The molecular formula is C15H21ClN2O. The number of para-hydroxylation sites is 1. The molecule has 2 atom stereocenters. The molecule has 2 fully saturated rings. The zero-order valence-corrected chi connectivity index (χ0v) is 12.1. The SMILES string of the molecule is CCOc1c(Cl)cccc1CN1C[C@H]2CNC[C@H]2C1. The number of fused-ring (bicyclic) bond motifs is 1. The van der Waals surface area contributed by atoms with Crippen LogP contribution in [0.4, 0.5) is 0 Å². The maximum atomic E-state index is 6.24. The fraction of sp³-hybridized carbons (Fsp3) is 0.600. The van der Waals surface area contributed by atoms with Crippen LogP contribution in [-0.2, 0) is 6.54 Å². The number of hydrogen-bond acceptors (Lipinski definition) is 3. The minimum absolute atomic E-state index is 0.659. The molecule has 1 aromatic carbocycles. The van der Waals surface area contributed by atoms with E-state index in [2.05, 4.69) is 16.3 Å². The van der Waals surface area contributed by atoms with Crippen molar-refractivity contribution >= 4 is 11.6 Å². The molecule has 3 rings (SSSR count). The smallest absolute Gasteiger partial charge is 0.142 e. The molecule has 104 valence electrons. The van der Waals surface area contributed by atoms with Gasteiger partial charge in [-0.15, -0.1) is 0 Å². The first-order valence-corrected chi connectivity index (χ1v) is 7.49. The Labute approximate surface area is 119 Å². The summed E-state index contributed by atoms with van der Waals surface area (Å²) in [6, 6.07) is 6.04. The molecule has 2 saturated heterocycles. The van der Waals surface area contributed by atoms with Crippen molar-refractivity contribution in [2.45, 2.75) is 13.5 Å². The summed E-state index contributed by atoms with van der Waals surface area (Å²) in [5.41, 5.74) is 1.21. The zero-order chi connectivity index (χ0) is 13.2. The number of halogens is 1. The van der Waals surface area contributed by atoms with E-state index in [1.165, 1.54) is 31.7 Å². The van der Waals surface area contributed by atoms with Gasteiger partial charge in [-0.3, -0.25) is 4.90 Å². The van der Waals surface area contributed by atoms with E-state index < -0.39 is 0 Å². The summed E-state index contributed by atoms with van der Waals surface area (Å²) < 4.78 is 5.70. The van der Waals surface area contributed by atoms with Crippen molar-refractivity contribution in [2.75, 3.05) is 32.8 Å². The Morgan fingerprint density at radius 1 is 1.32 bits per heavy atom. The molecule has 0 aliphatic carbocycles. The van der Waals surface area contributed by atoms with E-state index in [1.54, 1.807) is 0 Å². The number of rotatable bonds is 4. The first kappa shape index (κ1) is 13.2. The Morgan fingerprint density at radius 3 is 2.74 bits per heavy atom. The molecule has 2 aliphatic heterocycles. The van der Waals surface area contributed by atoms with Crippen LogP contribution in [0.3, 0.4) is 0 Å². The monoisotopic (exact) mass is 280 g/mol. The third-order valence-electron chi connectivity index (χ3n) is 4.20. The quantitative estimate of drug-likeness (QED) is 0.917. The highest BCUT2D eigenvalue weighted by atomic mass is 35.5. The summed E-state index contributed by atoms with van der Waals surface area (Å²) in [6.07, 6.45) is 0. The Bertz CT molecular complexity index is 440. The van der Waals surface area contributed by atoms with Crippen molar-refractivity contribution in [3.8, 4) is 5.75 Å². The van der Waals surface area contributed by atoms with Gasteiger partial charge in [-0.25, -0.2) is 0 Å². The highest BCUT2D eigenvalue weighted by Gasteiger charge is 2.36. The normalized spacial score (nSPS) is 26.6. The maximum absolute atomic E-state index is 6.24. The summed E-state index contributed by atoms with van der Waals surface area (Å²) in [4.78, 5) is 2.53. The predicted octanol–water partition coefficient (Wildman–Crippen LogP) is 2.39. The third-order valence-corrected chi connectivity index (χ3v) is 4.49. The summed E-state index contributed by atoms with van der Waals surface area (Å²) in [5, 5.41) is 4.20. The number of hydrogen-bond donors (Lipinski definition) is 1. The molecule has 0 saturated carbocycles. The second-order valence-corrected chi connectivity index (χ2v) is 5.94. The zero-order valence-electron chi connectivity index (χ0n) is 11.4. The molecule has 1 N–H and O–H groups in total. The third kappa shape index (κ3) is 2.73. The number of nitrogens with zero attached hydrogens (tertiary/aromatic N) is 1. The van der Waals surface area contributed by atoms with E-state index in [0.29, 0.717) is 6.61 Å². The van der Waals surface area contributed by atoms with Crippen LogP contribution in [0, 0.1) is 11.8 Å². The van der Waals surface area contributed by atoms with Gasteiger partial charge >= 0.3 is 0 Å². The van der Waals surface area contributed by atoms with Crippen molar-refractivity contribution in [1.82, 2.24) is 10.2 Å².